The van der Waals surface area contributed by atoms with Gasteiger partial charge in [-0.05, 0) is 46.4 Å². The number of benzene rings is 2. The molecular weight excluding hydrogens is 376 g/mol. The van der Waals surface area contributed by atoms with Gasteiger partial charge in [-0.2, -0.15) is 0 Å². The number of aromatic nitrogens is 1. The number of nitrogens with two attached hydrogens (primary N) is 1. The number of hydrogen-bond acceptors (Lipinski definition) is 4. The highest BCUT2D eigenvalue weighted by Crippen LogP contribution is 2.37. The Hall–Kier alpha value is -3.18. The van der Waals surface area contributed by atoms with Crippen molar-refractivity contribution < 1.29 is 14.3 Å². The summed E-state index contributed by atoms with van der Waals surface area (Å²) >= 11 is 0. The van der Waals surface area contributed by atoms with Crippen molar-refractivity contribution in [3.8, 4) is 17.0 Å². The van der Waals surface area contributed by atoms with Gasteiger partial charge in [0, 0.05) is 30.0 Å². The summed E-state index contributed by atoms with van der Waals surface area (Å²) in [5.41, 5.74) is 10.5. The lowest BCUT2D eigenvalue weighted by Gasteiger charge is -2.25. The molecule has 2 aromatic carbocycles. The molecule has 5 heteroatoms. The molecule has 0 bridgehead atoms. The zero-order chi connectivity index (χ0) is 21.7. The lowest BCUT2D eigenvalue weighted by atomic mass is 9.80. The van der Waals surface area contributed by atoms with Crippen LogP contribution in [0.1, 0.15) is 47.8 Å². The van der Waals surface area contributed by atoms with Crippen molar-refractivity contribution in [2.45, 2.75) is 39.4 Å². The molecule has 5 nitrogen and oxygen atoms in total. The van der Waals surface area contributed by atoms with Gasteiger partial charge in [0.1, 0.15) is 6.61 Å². The highest BCUT2D eigenvalue weighted by molar-refractivity contribution is 6.01. The molecule has 0 aliphatic carbocycles. The van der Waals surface area contributed by atoms with E-state index in [9.17, 15) is 4.79 Å². The van der Waals surface area contributed by atoms with Crippen LogP contribution in [0.5, 0.6) is 5.88 Å². The Labute approximate surface area is 177 Å². The van der Waals surface area contributed by atoms with Gasteiger partial charge in [0.15, 0.2) is 0 Å². The number of nitrogens with zero attached hydrogens (tertiary/aromatic N) is 1. The molecule has 0 aliphatic rings. The molecule has 156 valence electrons. The van der Waals surface area contributed by atoms with Crippen LogP contribution in [0.25, 0.3) is 11.1 Å². The van der Waals surface area contributed by atoms with E-state index < -0.39 is 5.91 Å². The minimum absolute atomic E-state index is 0.147. The van der Waals surface area contributed by atoms with Gasteiger partial charge in [-0.25, -0.2) is 4.98 Å². The summed E-state index contributed by atoms with van der Waals surface area (Å²) in [4.78, 5) is 16.7. The molecule has 0 radical (unpaired) electrons. The maximum Gasteiger partial charge on any atom is 0.249 e. The van der Waals surface area contributed by atoms with E-state index in [-0.39, 0.29) is 5.41 Å². The predicted octanol–water partition coefficient (Wildman–Crippen LogP) is 4.87. The molecule has 1 heterocycles. The van der Waals surface area contributed by atoms with E-state index in [1.54, 1.807) is 13.3 Å². The van der Waals surface area contributed by atoms with Crippen LogP contribution in [0.4, 0.5) is 0 Å². The zero-order valence-corrected chi connectivity index (χ0v) is 17.9. The quantitative estimate of drug-likeness (QED) is 0.610. The van der Waals surface area contributed by atoms with Gasteiger partial charge in [0.2, 0.25) is 11.8 Å². The minimum Gasteiger partial charge on any atom is -0.472 e. The largest absolute Gasteiger partial charge is 0.472 e. The molecule has 0 unspecified atom stereocenters. The second kappa shape index (κ2) is 9.09. The maximum atomic E-state index is 12.3. The third kappa shape index (κ3) is 4.86. The molecule has 0 atom stereocenters. The first kappa shape index (κ1) is 21.5. The second-order valence-electron chi connectivity index (χ2n) is 8.23. The number of carbonyl (C=O) groups is 1. The lowest BCUT2D eigenvalue weighted by molar-refractivity contribution is 0.100. The molecule has 0 fully saturated rings. The van der Waals surface area contributed by atoms with E-state index in [2.05, 4.69) is 25.8 Å². The first-order chi connectivity index (χ1) is 14.3. The molecule has 0 saturated carbocycles. The molecular formula is C25H28N2O3. The number of methoxy groups -OCH3 is 1. The molecule has 0 aliphatic heterocycles. The Morgan fingerprint density at radius 2 is 1.73 bits per heavy atom. The van der Waals surface area contributed by atoms with Gasteiger partial charge in [-0.15, -0.1) is 0 Å². The topological polar surface area (TPSA) is 74.4 Å². The number of pyridine rings is 1. The van der Waals surface area contributed by atoms with Crippen molar-refractivity contribution >= 4 is 5.91 Å². The second-order valence-corrected chi connectivity index (χ2v) is 8.23. The van der Waals surface area contributed by atoms with Crippen LogP contribution < -0.4 is 10.5 Å². The summed E-state index contributed by atoms with van der Waals surface area (Å²) in [5.74, 6) is -0.0381. The normalized spacial score (nSPS) is 11.3. The van der Waals surface area contributed by atoms with E-state index in [1.165, 1.54) is 0 Å². The fourth-order valence-corrected chi connectivity index (χ4v) is 3.48. The molecule has 1 aromatic heterocycles. The van der Waals surface area contributed by atoms with Crippen LogP contribution in [0.2, 0.25) is 0 Å². The van der Waals surface area contributed by atoms with Gasteiger partial charge in [-0.3, -0.25) is 4.79 Å². The highest BCUT2D eigenvalue weighted by atomic mass is 16.5. The SMILES string of the molecule is COCc1cc(C(N)=O)c(-c2cccnc2OCc2ccccc2)cc1C(C)(C)C. The highest BCUT2D eigenvalue weighted by Gasteiger charge is 2.24. The number of rotatable bonds is 7. The molecule has 1 amide bonds. The van der Waals surface area contributed by atoms with Crippen LogP contribution in [-0.4, -0.2) is 18.0 Å². The molecule has 3 aromatic rings. The van der Waals surface area contributed by atoms with E-state index in [0.29, 0.717) is 30.2 Å². The smallest absolute Gasteiger partial charge is 0.249 e. The zero-order valence-electron chi connectivity index (χ0n) is 17.9. The van der Waals surface area contributed by atoms with E-state index in [1.807, 2.05) is 54.6 Å². The van der Waals surface area contributed by atoms with Gasteiger partial charge in [-0.1, -0.05) is 51.1 Å². The summed E-state index contributed by atoms with van der Waals surface area (Å²) in [6.45, 7) is 7.17. The average molecular weight is 405 g/mol. The molecule has 0 spiro atoms. The molecule has 3 rings (SSSR count). The van der Waals surface area contributed by atoms with Crippen molar-refractivity contribution in [3.05, 3.63) is 83.0 Å². The van der Waals surface area contributed by atoms with Crippen molar-refractivity contribution in [2.24, 2.45) is 5.73 Å². The van der Waals surface area contributed by atoms with Gasteiger partial charge in [0.05, 0.1) is 6.61 Å². The van der Waals surface area contributed by atoms with Gasteiger partial charge >= 0.3 is 0 Å². The predicted molar refractivity (Wildman–Crippen MR) is 118 cm³/mol. The number of ether oxygens (including phenoxy) is 2. The number of primary amides is 1. The fourth-order valence-electron chi connectivity index (χ4n) is 3.48. The summed E-state index contributed by atoms with van der Waals surface area (Å²) in [6, 6.07) is 17.5. The lowest BCUT2D eigenvalue weighted by Crippen LogP contribution is -2.19. The molecule has 30 heavy (non-hydrogen) atoms. The Bertz CT molecular complexity index is 1020. The van der Waals surface area contributed by atoms with Crippen LogP contribution in [0.3, 0.4) is 0 Å². The Morgan fingerprint density at radius 3 is 2.37 bits per heavy atom. The van der Waals surface area contributed by atoms with Crippen molar-refractivity contribution in [1.29, 1.82) is 0 Å². The third-order valence-electron chi connectivity index (χ3n) is 4.90. The average Bonchev–Trinajstić information content (AvgIpc) is 2.72. The standard InChI is InChI=1S/C25H28N2O3/c1-25(2,3)22-14-20(21(23(26)28)13-18(22)16-29-4)19-11-8-12-27-24(19)30-15-17-9-6-5-7-10-17/h5-14H,15-16H2,1-4H3,(H2,26,28). The van der Waals surface area contributed by atoms with Crippen LogP contribution in [0, 0.1) is 0 Å². The first-order valence-corrected chi connectivity index (χ1v) is 9.89. The van der Waals surface area contributed by atoms with Crippen molar-refractivity contribution in [2.75, 3.05) is 7.11 Å². The minimum atomic E-state index is -0.499. The monoisotopic (exact) mass is 404 g/mol. The number of carbonyl (C=O) groups excluding carboxylic acids is 1. The Balaban J connectivity index is 2.11. The summed E-state index contributed by atoms with van der Waals surface area (Å²) in [5, 5.41) is 0. The molecule has 2 N–H and O–H groups in total. The van der Waals surface area contributed by atoms with Crippen LogP contribution in [0.15, 0.2) is 60.8 Å². The van der Waals surface area contributed by atoms with Gasteiger partial charge in [0.25, 0.3) is 0 Å². The van der Waals surface area contributed by atoms with Crippen molar-refractivity contribution in [1.82, 2.24) is 4.98 Å². The first-order valence-electron chi connectivity index (χ1n) is 9.89. The Morgan fingerprint density at radius 1 is 1.00 bits per heavy atom. The number of hydrogen-bond donors (Lipinski definition) is 1. The van der Waals surface area contributed by atoms with Crippen LogP contribution >= 0.6 is 0 Å². The van der Waals surface area contributed by atoms with Gasteiger partial charge < -0.3 is 15.2 Å². The summed E-state index contributed by atoms with van der Waals surface area (Å²) in [6.07, 6.45) is 1.68. The van der Waals surface area contributed by atoms with E-state index in [0.717, 1.165) is 22.3 Å². The van der Waals surface area contributed by atoms with Crippen molar-refractivity contribution in [3.63, 3.8) is 0 Å². The van der Waals surface area contributed by atoms with E-state index >= 15 is 0 Å². The third-order valence-corrected chi connectivity index (χ3v) is 4.90. The maximum absolute atomic E-state index is 12.3. The number of amides is 1. The molecule has 0 saturated heterocycles. The van der Waals surface area contributed by atoms with Crippen LogP contribution in [-0.2, 0) is 23.4 Å². The fraction of sp³-hybridized carbons (Fsp3) is 0.280. The van der Waals surface area contributed by atoms with E-state index in [4.69, 9.17) is 15.2 Å². The summed E-state index contributed by atoms with van der Waals surface area (Å²) in [7, 11) is 1.64. The Kier molecular flexibility index (Phi) is 6.53. The summed E-state index contributed by atoms with van der Waals surface area (Å²) < 4.78 is 11.4.